The number of hydrogen-bond donors (Lipinski definition) is 3. The van der Waals surface area contributed by atoms with Gasteiger partial charge in [0.2, 0.25) is 0 Å². The van der Waals surface area contributed by atoms with Crippen molar-refractivity contribution >= 4 is 5.82 Å². The van der Waals surface area contributed by atoms with Gasteiger partial charge in [-0.15, -0.1) is 0 Å². The highest BCUT2D eigenvalue weighted by Gasteiger charge is 2.14. The van der Waals surface area contributed by atoms with Crippen molar-refractivity contribution in [2.45, 2.75) is 6.92 Å². The molecule has 0 fully saturated rings. The summed E-state index contributed by atoms with van der Waals surface area (Å²) >= 11 is 0. The van der Waals surface area contributed by atoms with Crippen molar-refractivity contribution in [2.75, 3.05) is 12.8 Å². The Hall–Kier alpha value is -2.17. The summed E-state index contributed by atoms with van der Waals surface area (Å²) in [6.07, 6.45) is 0. The molecule has 1 aromatic carbocycles. The van der Waals surface area contributed by atoms with Crippen LogP contribution in [0.25, 0.3) is 11.1 Å². The summed E-state index contributed by atoms with van der Waals surface area (Å²) in [5.74, 6) is 0.941. The second-order valence-electron chi connectivity index (χ2n) is 3.57. The number of nitrogens with one attached hydrogen (secondary N) is 2. The topological polar surface area (TPSA) is 83.9 Å². The summed E-state index contributed by atoms with van der Waals surface area (Å²) < 4.78 is 5.21. The molecule has 0 aliphatic carbocycles. The smallest absolute Gasteiger partial charge is 0.274 e. The van der Waals surface area contributed by atoms with Crippen LogP contribution in [-0.2, 0) is 0 Å². The summed E-state index contributed by atoms with van der Waals surface area (Å²) in [7, 11) is 1.56. The van der Waals surface area contributed by atoms with Crippen LogP contribution in [0.15, 0.2) is 23.0 Å². The standard InChI is InChI=1S/C11H13N3O2/c1-6-3-4-8(16-2)7(5-6)9-10(12)13-14-11(9)15/h3-5H,1-2H3,(H4,12,13,14,15). The van der Waals surface area contributed by atoms with Crippen molar-refractivity contribution < 1.29 is 4.74 Å². The van der Waals surface area contributed by atoms with E-state index in [0.29, 0.717) is 22.7 Å². The third kappa shape index (κ3) is 1.56. The van der Waals surface area contributed by atoms with Crippen LogP contribution in [-0.4, -0.2) is 17.3 Å². The van der Waals surface area contributed by atoms with Crippen LogP contribution >= 0.6 is 0 Å². The highest BCUT2D eigenvalue weighted by atomic mass is 16.5. The van der Waals surface area contributed by atoms with Gasteiger partial charge < -0.3 is 10.5 Å². The number of nitrogens with two attached hydrogens (primary N) is 1. The average Bonchev–Trinajstić information content (AvgIpc) is 2.58. The molecule has 0 radical (unpaired) electrons. The van der Waals surface area contributed by atoms with Crippen LogP contribution in [0.1, 0.15) is 5.56 Å². The normalized spacial score (nSPS) is 10.4. The molecular formula is C11H13N3O2. The van der Waals surface area contributed by atoms with E-state index in [9.17, 15) is 4.79 Å². The van der Waals surface area contributed by atoms with Crippen LogP contribution in [0.2, 0.25) is 0 Å². The summed E-state index contributed by atoms with van der Waals surface area (Å²) in [6.45, 7) is 1.94. The van der Waals surface area contributed by atoms with Crippen molar-refractivity contribution in [3.05, 3.63) is 34.1 Å². The van der Waals surface area contributed by atoms with Crippen LogP contribution in [0.3, 0.4) is 0 Å². The monoisotopic (exact) mass is 219 g/mol. The molecule has 4 N–H and O–H groups in total. The Morgan fingerprint density at radius 1 is 1.31 bits per heavy atom. The van der Waals surface area contributed by atoms with E-state index in [1.165, 1.54) is 0 Å². The van der Waals surface area contributed by atoms with E-state index in [1.54, 1.807) is 7.11 Å². The van der Waals surface area contributed by atoms with Crippen molar-refractivity contribution in [3.63, 3.8) is 0 Å². The molecule has 0 atom stereocenters. The molecule has 5 nitrogen and oxygen atoms in total. The van der Waals surface area contributed by atoms with E-state index in [2.05, 4.69) is 10.2 Å². The summed E-state index contributed by atoms with van der Waals surface area (Å²) in [4.78, 5) is 11.6. The number of rotatable bonds is 2. The number of ether oxygens (including phenoxy) is 1. The number of methoxy groups -OCH3 is 1. The van der Waals surface area contributed by atoms with Crippen molar-refractivity contribution in [1.29, 1.82) is 0 Å². The number of aromatic nitrogens is 2. The number of aryl methyl sites for hydroxylation is 1. The molecule has 84 valence electrons. The second-order valence-corrected chi connectivity index (χ2v) is 3.57. The molecule has 5 heteroatoms. The van der Waals surface area contributed by atoms with E-state index in [0.717, 1.165) is 5.56 Å². The summed E-state index contributed by atoms with van der Waals surface area (Å²) in [5.41, 5.74) is 7.61. The predicted octanol–water partition coefficient (Wildman–Crippen LogP) is 1.27. The average molecular weight is 219 g/mol. The van der Waals surface area contributed by atoms with Gasteiger partial charge in [-0.25, -0.2) is 0 Å². The van der Waals surface area contributed by atoms with Gasteiger partial charge in [-0.05, 0) is 19.1 Å². The zero-order chi connectivity index (χ0) is 11.7. The molecule has 0 saturated carbocycles. The third-order valence-corrected chi connectivity index (χ3v) is 2.43. The van der Waals surface area contributed by atoms with Gasteiger partial charge in [0.05, 0.1) is 12.7 Å². The van der Waals surface area contributed by atoms with Crippen LogP contribution in [0, 0.1) is 6.92 Å². The Labute approximate surface area is 92.2 Å². The van der Waals surface area contributed by atoms with Gasteiger partial charge in [0.15, 0.2) is 0 Å². The molecule has 16 heavy (non-hydrogen) atoms. The Morgan fingerprint density at radius 3 is 2.62 bits per heavy atom. The summed E-state index contributed by atoms with van der Waals surface area (Å²) in [6, 6.07) is 5.60. The first kappa shape index (κ1) is 10.4. The first-order valence-electron chi connectivity index (χ1n) is 4.84. The quantitative estimate of drug-likeness (QED) is 0.711. The molecule has 1 aromatic heterocycles. The number of aromatic amines is 2. The molecular weight excluding hydrogens is 206 g/mol. The zero-order valence-corrected chi connectivity index (χ0v) is 9.13. The first-order valence-corrected chi connectivity index (χ1v) is 4.84. The van der Waals surface area contributed by atoms with Crippen molar-refractivity contribution in [2.24, 2.45) is 0 Å². The number of anilines is 1. The number of benzene rings is 1. The van der Waals surface area contributed by atoms with E-state index in [4.69, 9.17) is 10.5 Å². The Bertz CT molecular complexity index is 569. The molecule has 1 heterocycles. The highest BCUT2D eigenvalue weighted by molar-refractivity contribution is 5.78. The molecule has 0 aliphatic heterocycles. The minimum atomic E-state index is -0.249. The van der Waals surface area contributed by atoms with Gasteiger partial charge in [-0.3, -0.25) is 15.0 Å². The molecule has 0 unspecified atom stereocenters. The molecule has 0 bridgehead atoms. The first-order chi connectivity index (χ1) is 7.63. The Morgan fingerprint density at radius 2 is 2.06 bits per heavy atom. The Balaban J connectivity index is 2.72. The molecule has 0 spiro atoms. The minimum absolute atomic E-state index is 0.249. The molecule has 0 aliphatic rings. The Kier molecular flexibility index (Phi) is 2.44. The van der Waals surface area contributed by atoms with Crippen LogP contribution < -0.4 is 16.0 Å². The maximum atomic E-state index is 11.6. The molecule has 0 amide bonds. The predicted molar refractivity (Wildman–Crippen MR) is 62.6 cm³/mol. The van der Waals surface area contributed by atoms with Gasteiger partial charge in [0.1, 0.15) is 11.6 Å². The van der Waals surface area contributed by atoms with Gasteiger partial charge >= 0.3 is 0 Å². The van der Waals surface area contributed by atoms with Crippen LogP contribution in [0.5, 0.6) is 5.75 Å². The van der Waals surface area contributed by atoms with Crippen molar-refractivity contribution in [3.8, 4) is 16.9 Å². The fourth-order valence-corrected chi connectivity index (χ4v) is 1.66. The maximum Gasteiger partial charge on any atom is 0.274 e. The lowest BCUT2D eigenvalue weighted by Crippen LogP contribution is -2.03. The molecule has 0 saturated heterocycles. The van der Waals surface area contributed by atoms with E-state index in [1.807, 2.05) is 25.1 Å². The third-order valence-electron chi connectivity index (χ3n) is 2.43. The molecule has 2 rings (SSSR count). The molecule has 2 aromatic rings. The van der Waals surface area contributed by atoms with E-state index < -0.39 is 0 Å². The fraction of sp³-hybridized carbons (Fsp3) is 0.182. The number of nitrogen functional groups attached to an aromatic ring is 1. The van der Waals surface area contributed by atoms with Crippen LogP contribution in [0.4, 0.5) is 5.82 Å². The number of hydrogen-bond acceptors (Lipinski definition) is 3. The minimum Gasteiger partial charge on any atom is -0.496 e. The lowest BCUT2D eigenvalue weighted by molar-refractivity contribution is 0.416. The van der Waals surface area contributed by atoms with E-state index in [-0.39, 0.29) is 5.56 Å². The van der Waals surface area contributed by atoms with Gasteiger partial charge in [-0.2, -0.15) is 0 Å². The SMILES string of the molecule is COc1ccc(C)cc1-c1c(N)[nH][nH]c1=O. The fourth-order valence-electron chi connectivity index (χ4n) is 1.66. The number of H-pyrrole nitrogens is 2. The van der Waals surface area contributed by atoms with Gasteiger partial charge in [0, 0.05) is 5.56 Å². The second kappa shape index (κ2) is 3.77. The van der Waals surface area contributed by atoms with E-state index >= 15 is 0 Å². The van der Waals surface area contributed by atoms with Gasteiger partial charge in [0.25, 0.3) is 5.56 Å². The lowest BCUT2D eigenvalue weighted by Gasteiger charge is -2.07. The van der Waals surface area contributed by atoms with Crippen molar-refractivity contribution in [1.82, 2.24) is 10.2 Å². The largest absolute Gasteiger partial charge is 0.496 e. The maximum absolute atomic E-state index is 11.6. The highest BCUT2D eigenvalue weighted by Crippen LogP contribution is 2.30. The van der Waals surface area contributed by atoms with Gasteiger partial charge in [-0.1, -0.05) is 11.6 Å². The lowest BCUT2D eigenvalue weighted by atomic mass is 10.0. The summed E-state index contributed by atoms with van der Waals surface area (Å²) in [5, 5.41) is 5.04. The zero-order valence-electron chi connectivity index (χ0n) is 9.13.